The van der Waals surface area contributed by atoms with Crippen LogP contribution in [0.4, 0.5) is 0 Å². The van der Waals surface area contributed by atoms with E-state index in [9.17, 15) is 9.59 Å². The summed E-state index contributed by atoms with van der Waals surface area (Å²) in [4.78, 5) is 20.9. The van der Waals surface area contributed by atoms with Gasteiger partial charge in [0.05, 0.1) is 30.9 Å². The van der Waals surface area contributed by atoms with Crippen molar-refractivity contribution in [2.75, 3.05) is 19.8 Å². The summed E-state index contributed by atoms with van der Waals surface area (Å²) < 4.78 is 0. The Morgan fingerprint density at radius 2 is 1.20 bits per heavy atom. The summed E-state index contributed by atoms with van der Waals surface area (Å²) >= 11 is 0. The van der Waals surface area contributed by atoms with Gasteiger partial charge in [-0.05, 0) is 12.1 Å². The largest absolute Gasteiger partial charge is 0.478 e. The first-order chi connectivity index (χ1) is 9.31. The fraction of sp³-hybridized carbons (Fsp3) is 0.385. The third kappa shape index (κ3) is 5.35. The zero-order valence-electron chi connectivity index (χ0n) is 11.0. The Morgan fingerprint density at radius 3 is 1.35 bits per heavy atom. The van der Waals surface area contributed by atoms with E-state index in [1.54, 1.807) is 6.92 Å². The molecular weight excluding hydrogens is 268 g/mol. The number of aliphatic hydroxyl groups is 3. The summed E-state index contributed by atoms with van der Waals surface area (Å²) in [6, 6.07) is 5.48. The van der Waals surface area contributed by atoms with Gasteiger partial charge in [0.15, 0.2) is 0 Å². The van der Waals surface area contributed by atoms with Gasteiger partial charge in [0, 0.05) is 5.41 Å². The summed E-state index contributed by atoms with van der Waals surface area (Å²) in [5.41, 5.74) is -1.09. The van der Waals surface area contributed by atoms with Gasteiger partial charge < -0.3 is 25.5 Å². The topological polar surface area (TPSA) is 135 Å². The van der Waals surface area contributed by atoms with E-state index in [1.807, 2.05) is 0 Å². The monoisotopic (exact) mass is 286 g/mol. The molecule has 0 saturated heterocycles. The molecule has 1 aromatic carbocycles. The highest BCUT2D eigenvalue weighted by Crippen LogP contribution is 2.11. The predicted octanol–water partition coefficient (Wildman–Crippen LogP) is 0.0526. The third-order valence-corrected chi connectivity index (χ3v) is 2.53. The van der Waals surface area contributed by atoms with E-state index in [4.69, 9.17) is 25.5 Å². The van der Waals surface area contributed by atoms with E-state index in [-0.39, 0.29) is 30.9 Å². The molecule has 0 aliphatic rings. The molecule has 0 fully saturated rings. The van der Waals surface area contributed by atoms with Gasteiger partial charge in [0.25, 0.3) is 0 Å². The lowest BCUT2D eigenvalue weighted by Crippen LogP contribution is -2.29. The molecule has 0 aromatic heterocycles. The maximum absolute atomic E-state index is 10.5. The molecule has 0 aliphatic carbocycles. The molecule has 1 rings (SSSR count). The minimum atomic E-state index is -1.23. The Morgan fingerprint density at radius 1 is 0.900 bits per heavy atom. The van der Waals surface area contributed by atoms with Gasteiger partial charge in [-0.25, -0.2) is 9.59 Å². The van der Waals surface area contributed by atoms with E-state index >= 15 is 0 Å². The molecule has 20 heavy (non-hydrogen) atoms. The standard InChI is InChI=1S/C8H6O4.C5H12O3/c9-7(10)5-3-1-2-4-6(5)8(11)12;1-5(2-6,3-7)4-8/h1-4H,(H,9,10)(H,11,12);6-8H,2-4H2,1H3. The smallest absolute Gasteiger partial charge is 0.336 e. The van der Waals surface area contributed by atoms with E-state index in [1.165, 1.54) is 24.3 Å². The highest BCUT2D eigenvalue weighted by atomic mass is 16.4. The van der Waals surface area contributed by atoms with Crippen molar-refractivity contribution in [2.45, 2.75) is 6.92 Å². The molecule has 7 heteroatoms. The first kappa shape index (κ1) is 18.0. The lowest BCUT2D eigenvalue weighted by Gasteiger charge is -2.20. The fourth-order valence-corrected chi connectivity index (χ4v) is 1.01. The molecule has 5 N–H and O–H groups in total. The zero-order valence-corrected chi connectivity index (χ0v) is 11.0. The number of aliphatic hydroxyl groups excluding tert-OH is 3. The van der Waals surface area contributed by atoms with E-state index < -0.39 is 17.4 Å². The Kier molecular flexibility index (Phi) is 7.45. The molecule has 0 aliphatic heterocycles. The van der Waals surface area contributed by atoms with Crippen molar-refractivity contribution in [3.63, 3.8) is 0 Å². The number of aromatic carboxylic acids is 2. The van der Waals surface area contributed by atoms with Gasteiger partial charge in [-0.15, -0.1) is 0 Å². The van der Waals surface area contributed by atoms with Gasteiger partial charge in [-0.3, -0.25) is 0 Å². The first-order valence-electron chi connectivity index (χ1n) is 5.69. The number of carbonyl (C=O) groups is 2. The second-order valence-electron chi connectivity index (χ2n) is 4.44. The van der Waals surface area contributed by atoms with Crippen molar-refractivity contribution in [2.24, 2.45) is 5.41 Å². The minimum Gasteiger partial charge on any atom is -0.478 e. The van der Waals surface area contributed by atoms with Crippen LogP contribution in [-0.4, -0.2) is 57.3 Å². The Balaban J connectivity index is 0.000000396. The van der Waals surface area contributed by atoms with Crippen LogP contribution in [0.25, 0.3) is 0 Å². The van der Waals surface area contributed by atoms with Crippen LogP contribution in [0.1, 0.15) is 27.6 Å². The van der Waals surface area contributed by atoms with Crippen LogP contribution in [0.3, 0.4) is 0 Å². The Labute approximate surface area is 115 Å². The molecule has 0 unspecified atom stereocenters. The van der Waals surface area contributed by atoms with Crippen molar-refractivity contribution < 1.29 is 35.1 Å². The van der Waals surface area contributed by atoms with Crippen LogP contribution >= 0.6 is 0 Å². The van der Waals surface area contributed by atoms with Crippen LogP contribution in [0.15, 0.2) is 24.3 Å². The number of rotatable bonds is 5. The molecule has 1 aromatic rings. The molecule has 0 heterocycles. The highest BCUT2D eigenvalue weighted by molar-refractivity contribution is 6.01. The number of carboxylic acids is 2. The lowest BCUT2D eigenvalue weighted by molar-refractivity contribution is 0.0200. The van der Waals surface area contributed by atoms with Gasteiger partial charge in [-0.1, -0.05) is 19.1 Å². The molecule has 7 nitrogen and oxygen atoms in total. The summed E-state index contributed by atoms with van der Waals surface area (Å²) in [6.07, 6.45) is 0. The fourth-order valence-electron chi connectivity index (χ4n) is 1.01. The maximum atomic E-state index is 10.5. The van der Waals surface area contributed by atoms with Gasteiger partial charge >= 0.3 is 11.9 Å². The van der Waals surface area contributed by atoms with E-state index in [0.29, 0.717) is 0 Å². The molecule has 0 spiro atoms. The maximum Gasteiger partial charge on any atom is 0.336 e. The van der Waals surface area contributed by atoms with Crippen molar-refractivity contribution in [3.05, 3.63) is 35.4 Å². The molecule has 0 radical (unpaired) electrons. The second-order valence-corrected chi connectivity index (χ2v) is 4.44. The predicted molar refractivity (Wildman–Crippen MR) is 69.7 cm³/mol. The minimum absolute atomic E-state index is 0.181. The van der Waals surface area contributed by atoms with Crippen LogP contribution in [-0.2, 0) is 0 Å². The normalized spacial score (nSPS) is 10.4. The Hall–Kier alpha value is -1.96. The average Bonchev–Trinajstić information content (AvgIpc) is 2.47. The molecule has 0 amide bonds. The number of hydrogen-bond donors (Lipinski definition) is 5. The number of carboxylic acid groups (broad SMARTS) is 2. The van der Waals surface area contributed by atoms with Crippen molar-refractivity contribution in [1.82, 2.24) is 0 Å². The van der Waals surface area contributed by atoms with Crippen LogP contribution < -0.4 is 0 Å². The van der Waals surface area contributed by atoms with Gasteiger partial charge in [0.1, 0.15) is 0 Å². The zero-order chi connectivity index (χ0) is 15.8. The van der Waals surface area contributed by atoms with Gasteiger partial charge in [0.2, 0.25) is 0 Å². The van der Waals surface area contributed by atoms with Crippen LogP contribution in [0.2, 0.25) is 0 Å². The van der Waals surface area contributed by atoms with Crippen molar-refractivity contribution in [3.8, 4) is 0 Å². The number of hydrogen-bond acceptors (Lipinski definition) is 5. The van der Waals surface area contributed by atoms with Crippen molar-refractivity contribution in [1.29, 1.82) is 0 Å². The summed E-state index contributed by atoms with van der Waals surface area (Å²) in [5.74, 6) is -2.46. The van der Waals surface area contributed by atoms with Crippen LogP contribution in [0, 0.1) is 5.41 Å². The molecule has 112 valence electrons. The molecule has 0 bridgehead atoms. The van der Waals surface area contributed by atoms with E-state index in [2.05, 4.69) is 0 Å². The SMILES string of the molecule is CC(CO)(CO)CO.O=C(O)c1ccccc1C(=O)O. The second kappa shape index (κ2) is 8.26. The lowest BCUT2D eigenvalue weighted by atomic mass is 9.95. The summed E-state index contributed by atoms with van der Waals surface area (Å²) in [6.45, 7) is 1.06. The molecule has 0 atom stereocenters. The van der Waals surface area contributed by atoms with Crippen molar-refractivity contribution >= 4 is 11.9 Å². The first-order valence-corrected chi connectivity index (χ1v) is 5.69. The summed E-state index contributed by atoms with van der Waals surface area (Å²) in [5, 5.41) is 42.5. The van der Waals surface area contributed by atoms with E-state index in [0.717, 1.165) is 0 Å². The Bertz CT molecular complexity index is 411. The van der Waals surface area contributed by atoms with Crippen LogP contribution in [0.5, 0.6) is 0 Å². The van der Waals surface area contributed by atoms with Gasteiger partial charge in [-0.2, -0.15) is 0 Å². The molecular formula is C13H18O7. The highest BCUT2D eigenvalue weighted by Gasteiger charge is 2.20. The quantitative estimate of drug-likeness (QED) is 0.516. The molecule has 0 saturated carbocycles. The third-order valence-electron chi connectivity index (χ3n) is 2.53. The summed E-state index contributed by atoms with van der Waals surface area (Å²) in [7, 11) is 0. The number of benzene rings is 1. The average molecular weight is 286 g/mol.